The molecule has 0 amide bonds. The zero-order valence-corrected chi connectivity index (χ0v) is 16.5. The summed E-state index contributed by atoms with van der Waals surface area (Å²) in [7, 11) is 0. The molecular weight excluding hydrogens is 385 g/mol. The monoisotopic (exact) mass is 407 g/mol. The highest BCUT2D eigenvalue weighted by atomic mass is 19.1. The molecule has 0 saturated heterocycles. The number of aromatic nitrogens is 4. The minimum atomic E-state index is -0.288. The lowest BCUT2D eigenvalue weighted by atomic mass is 10.2. The summed E-state index contributed by atoms with van der Waals surface area (Å²) in [5.41, 5.74) is 2.34. The fraction of sp³-hybridized carbons (Fsp3) is 0.238. The van der Waals surface area contributed by atoms with Gasteiger partial charge in [0, 0.05) is 31.3 Å². The van der Waals surface area contributed by atoms with E-state index in [1.165, 1.54) is 12.1 Å². The third kappa shape index (κ3) is 4.62. The van der Waals surface area contributed by atoms with Crippen molar-refractivity contribution in [2.45, 2.75) is 19.9 Å². The molecule has 2 N–H and O–H groups in total. The molecule has 3 aromatic heterocycles. The van der Waals surface area contributed by atoms with Crippen molar-refractivity contribution in [2.75, 3.05) is 13.1 Å². The molecule has 3 heterocycles. The van der Waals surface area contributed by atoms with Gasteiger partial charge >= 0.3 is 0 Å². The van der Waals surface area contributed by atoms with Crippen LogP contribution in [0.15, 0.2) is 64.3 Å². The molecular formula is C21H22FN7O. The van der Waals surface area contributed by atoms with Crippen molar-refractivity contribution in [3.05, 3.63) is 72.3 Å². The number of aliphatic imine (C=N–C) groups is 1. The number of pyridine rings is 1. The first-order chi connectivity index (χ1) is 14.7. The van der Waals surface area contributed by atoms with Gasteiger partial charge in [-0.2, -0.15) is 0 Å². The van der Waals surface area contributed by atoms with Crippen LogP contribution in [0.3, 0.4) is 0 Å². The normalized spacial score (nSPS) is 11.7. The zero-order valence-electron chi connectivity index (χ0n) is 16.5. The third-order valence-corrected chi connectivity index (χ3v) is 4.42. The van der Waals surface area contributed by atoms with E-state index in [-0.39, 0.29) is 5.82 Å². The Morgan fingerprint density at radius 2 is 2.00 bits per heavy atom. The minimum Gasteiger partial charge on any atom is -0.444 e. The summed E-state index contributed by atoms with van der Waals surface area (Å²) < 4.78 is 20.5. The lowest BCUT2D eigenvalue weighted by Crippen LogP contribution is -2.38. The maximum atomic E-state index is 13.1. The fourth-order valence-electron chi connectivity index (χ4n) is 2.95. The number of halogens is 1. The summed E-state index contributed by atoms with van der Waals surface area (Å²) >= 11 is 0. The van der Waals surface area contributed by atoms with E-state index in [1.807, 2.05) is 35.7 Å². The summed E-state index contributed by atoms with van der Waals surface area (Å²) in [5.74, 6) is 1.64. The van der Waals surface area contributed by atoms with Gasteiger partial charge in [-0.1, -0.05) is 6.07 Å². The van der Waals surface area contributed by atoms with Crippen molar-refractivity contribution in [3.63, 3.8) is 0 Å². The first-order valence-corrected chi connectivity index (χ1v) is 9.74. The van der Waals surface area contributed by atoms with E-state index in [1.54, 1.807) is 18.4 Å². The standard InChI is InChI=1S/C21H22FN7O/c1-2-23-21(25-13-19-28-27-18-5-3-4-12-29(18)19)24-11-10-17-14-30-20(26-17)15-6-8-16(22)9-7-15/h3-9,12,14H,2,10-11,13H2,1H3,(H2,23,24,25). The van der Waals surface area contributed by atoms with Crippen molar-refractivity contribution >= 4 is 11.6 Å². The molecule has 0 aliphatic carbocycles. The number of hydrogen-bond acceptors (Lipinski definition) is 5. The average molecular weight is 407 g/mol. The molecule has 0 bridgehead atoms. The first kappa shape index (κ1) is 19.6. The second-order valence-electron chi connectivity index (χ2n) is 6.57. The van der Waals surface area contributed by atoms with Crippen molar-refractivity contribution in [1.82, 2.24) is 30.2 Å². The van der Waals surface area contributed by atoms with Gasteiger partial charge in [0.2, 0.25) is 5.89 Å². The van der Waals surface area contributed by atoms with Crippen molar-refractivity contribution < 1.29 is 8.81 Å². The molecule has 154 valence electrons. The van der Waals surface area contributed by atoms with Crippen molar-refractivity contribution in [3.8, 4) is 11.5 Å². The summed E-state index contributed by atoms with van der Waals surface area (Å²) in [6, 6.07) is 11.8. The average Bonchev–Trinajstić information content (AvgIpc) is 3.40. The van der Waals surface area contributed by atoms with E-state index >= 15 is 0 Å². The molecule has 8 nitrogen and oxygen atoms in total. The molecule has 0 aliphatic heterocycles. The Hall–Kier alpha value is -3.75. The second-order valence-corrected chi connectivity index (χ2v) is 6.57. The van der Waals surface area contributed by atoms with E-state index < -0.39 is 0 Å². The quantitative estimate of drug-likeness (QED) is 0.362. The summed E-state index contributed by atoms with van der Waals surface area (Å²) in [5, 5.41) is 14.8. The summed E-state index contributed by atoms with van der Waals surface area (Å²) in [6.07, 6.45) is 4.19. The molecule has 0 unspecified atom stereocenters. The van der Waals surface area contributed by atoms with Crippen LogP contribution < -0.4 is 10.6 Å². The highest BCUT2D eigenvalue weighted by molar-refractivity contribution is 5.79. The molecule has 0 spiro atoms. The Labute approximate surface area is 172 Å². The highest BCUT2D eigenvalue weighted by Gasteiger charge is 2.08. The third-order valence-electron chi connectivity index (χ3n) is 4.42. The number of benzene rings is 1. The maximum Gasteiger partial charge on any atom is 0.226 e. The molecule has 30 heavy (non-hydrogen) atoms. The van der Waals surface area contributed by atoms with Crippen LogP contribution in [0.25, 0.3) is 17.1 Å². The van der Waals surface area contributed by atoms with Crippen LogP contribution in [0.4, 0.5) is 4.39 Å². The smallest absolute Gasteiger partial charge is 0.226 e. The maximum absolute atomic E-state index is 13.1. The number of guanidine groups is 1. The van der Waals surface area contributed by atoms with Crippen LogP contribution in [-0.4, -0.2) is 38.6 Å². The van der Waals surface area contributed by atoms with Crippen LogP contribution in [0.2, 0.25) is 0 Å². The SMILES string of the molecule is CCNC(=NCc1nnc2ccccn12)NCCc1coc(-c2ccc(F)cc2)n1. The molecule has 4 aromatic rings. The Kier molecular flexibility index (Phi) is 5.98. The van der Waals surface area contributed by atoms with Crippen LogP contribution in [0.1, 0.15) is 18.4 Å². The molecule has 1 aromatic carbocycles. The Bertz CT molecular complexity index is 1130. The van der Waals surface area contributed by atoms with E-state index in [0.29, 0.717) is 31.4 Å². The zero-order chi connectivity index (χ0) is 20.8. The van der Waals surface area contributed by atoms with Gasteiger partial charge in [-0.3, -0.25) is 4.40 Å². The van der Waals surface area contributed by atoms with Gasteiger partial charge in [0.15, 0.2) is 17.4 Å². The number of oxazole rings is 1. The highest BCUT2D eigenvalue weighted by Crippen LogP contribution is 2.19. The molecule has 0 aliphatic rings. The number of rotatable bonds is 7. The van der Waals surface area contributed by atoms with Gasteiger partial charge in [-0.25, -0.2) is 14.4 Å². The fourth-order valence-corrected chi connectivity index (χ4v) is 2.95. The van der Waals surface area contributed by atoms with Crippen LogP contribution >= 0.6 is 0 Å². The van der Waals surface area contributed by atoms with Gasteiger partial charge in [-0.05, 0) is 43.3 Å². The minimum absolute atomic E-state index is 0.288. The van der Waals surface area contributed by atoms with E-state index in [9.17, 15) is 4.39 Å². The van der Waals surface area contributed by atoms with Gasteiger partial charge in [0.1, 0.15) is 18.6 Å². The molecule has 0 radical (unpaired) electrons. The predicted molar refractivity (Wildman–Crippen MR) is 111 cm³/mol. The van der Waals surface area contributed by atoms with Gasteiger partial charge in [-0.15, -0.1) is 10.2 Å². The number of nitrogens with zero attached hydrogens (tertiary/aromatic N) is 5. The molecule has 0 fully saturated rings. The summed E-state index contributed by atoms with van der Waals surface area (Å²) in [4.78, 5) is 9.05. The van der Waals surface area contributed by atoms with Gasteiger partial charge in [0.25, 0.3) is 0 Å². The topological polar surface area (TPSA) is 92.6 Å². The molecule has 9 heteroatoms. The number of fused-ring (bicyclic) bond motifs is 1. The predicted octanol–water partition coefficient (Wildman–Crippen LogP) is 2.82. The molecule has 4 rings (SSSR count). The number of hydrogen-bond donors (Lipinski definition) is 2. The Morgan fingerprint density at radius 3 is 2.83 bits per heavy atom. The lowest BCUT2D eigenvalue weighted by Gasteiger charge is -2.10. The van der Waals surface area contributed by atoms with Crippen LogP contribution in [-0.2, 0) is 13.0 Å². The van der Waals surface area contributed by atoms with Crippen molar-refractivity contribution in [2.24, 2.45) is 4.99 Å². The van der Waals surface area contributed by atoms with E-state index in [2.05, 4.69) is 30.8 Å². The largest absolute Gasteiger partial charge is 0.444 e. The summed E-state index contributed by atoms with van der Waals surface area (Å²) in [6.45, 7) is 3.78. The molecule has 0 atom stereocenters. The Morgan fingerprint density at radius 1 is 1.13 bits per heavy atom. The molecule has 0 saturated carbocycles. The Balaban J connectivity index is 1.35. The second kappa shape index (κ2) is 9.17. The van der Waals surface area contributed by atoms with E-state index in [0.717, 1.165) is 29.3 Å². The lowest BCUT2D eigenvalue weighted by molar-refractivity contribution is 0.571. The van der Waals surface area contributed by atoms with Crippen molar-refractivity contribution in [1.29, 1.82) is 0 Å². The first-order valence-electron chi connectivity index (χ1n) is 9.74. The van der Waals surface area contributed by atoms with E-state index in [4.69, 9.17) is 4.42 Å². The number of nitrogens with one attached hydrogen (secondary N) is 2. The van der Waals surface area contributed by atoms with Crippen LogP contribution in [0, 0.1) is 5.82 Å². The van der Waals surface area contributed by atoms with Gasteiger partial charge < -0.3 is 15.1 Å². The van der Waals surface area contributed by atoms with Crippen LogP contribution in [0.5, 0.6) is 0 Å². The van der Waals surface area contributed by atoms with Gasteiger partial charge in [0.05, 0.1) is 5.69 Å².